The molecule has 0 unspecified atom stereocenters. The average Bonchev–Trinajstić information content (AvgIpc) is 3.03. The molecule has 1 amide bonds. The highest BCUT2D eigenvalue weighted by atomic mass is 16.5. The predicted molar refractivity (Wildman–Crippen MR) is 103 cm³/mol. The molecule has 148 valence electrons. The van der Waals surface area contributed by atoms with E-state index in [1.807, 2.05) is 31.2 Å². The lowest BCUT2D eigenvalue weighted by Gasteiger charge is -2.08. The molecule has 0 bridgehead atoms. The number of carbonyl (C=O) groups is 1. The van der Waals surface area contributed by atoms with Gasteiger partial charge >= 0.3 is 0 Å². The molecule has 2 heterocycles. The lowest BCUT2D eigenvalue weighted by molar-refractivity contribution is 0.0453. The van der Waals surface area contributed by atoms with Gasteiger partial charge in [-0.3, -0.25) is 9.59 Å². The van der Waals surface area contributed by atoms with Crippen molar-refractivity contribution in [2.75, 3.05) is 19.8 Å². The number of rotatable bonds is 9. The molecule has 1 aromatic carbocycles. The third-order valence-electron chi connectivity index (χ3n) is 4.19. The average molecular weight is 385 g/mol. The molecule has 0 spiro atoms. The first-order valence-electron chi connectivity index (χ1n) is 9.08. The van der Waals surface area contributed by atoms with Crippen LogP contribution in [0.25, 0.3) is 11.1 Å². The Morgan fingerprint density at radius 1 is 1.25 bits per heavy atom. The number of fused-ring (bicyclic) bond motifs is 1. The highest BCUT2D eigenvalue weighted by Crippen LogP contribution is 2.20. The minimum atomic E-state index is -0.404. The summed E-state index contributed by atoms with van der Waals surface area (Å²) >= 11 is 0. The molecule has 0 saturated carbocycles. The first kappa shape index (κ1) is 19.8. The monoisotopic (exact) mass is 385 g/mol. The first-order valence-corrected chi connectivity index (χ1v) is 9.08. The second kappa shape index (κ2) is 9.29. The number of amides is 1. The molecule has 0 aliphatic carbocycles. The van der Waals surface area contributed by atoms with Crippen LogP contribution in [0.4, 0.5) is 0 Å². The van der Waals surface area contributed by atoms with Crippen molar-refractivity contribution < 1.29 is 18.7 Å². The molecule has 3 rings (SSSR count). The Kier molecular flexibility index (Phi) is 6.57. The van der Waals surface area contributed by atoms with Gasteiger partial charge < -0.3 is 24.2 Å². The van der Waals surface area contributed by atoms with Crippen LogP contribution in [0.1, 0.15) is 34.2 Å². The van der Waals surface area contributed by atoms with Crippen molar-refractivity contribution in [3.8, 4) is 0 Å². The molecular formula is C20H23N3O5. The topological polar surface area (TPSA) is 106 Å². The lowest BCUT2D eigenvalue weighted by atomic mass is 10.1. The van der Waals surface area contributed by atoms with Gasteiger partial charge in [0.1, 0.15) is 11.1 Å². The van der Waals surface area contributed by atoms with Crippen LogP contribution >= 0.6 is 0 Å². The van der Waals surface area contributed by atoms with E-state index in [-0.39, 0.29) is 22.6 Å². The van der Waals surface area contributed by atoms with E-state index in [0.29, 0.717) is 38.7 Å². The number of nitrogens with zero attached hydrogens (tertiary/aromatic N) is 1. The number of aryl methyl sites for hydroxylation is 1. The number of hydrogen-bond donors (Lipinski definition) is 2. The van der Waals surface area contributed by atoms with Crippen LogP contribution < -0.4 is 10.9 Å². The summed E-state index contributed by atoms with van der Waals surface area (Å²) in [6.07, 6.45) is 1.25. The maximum Gasteiger partial charge on any atom is 0.262 e. The summed E-state index contributed by atoms with van der Waals surface area (Å²) in [4.78, 5) is 31.1. The molecular weight excluding hydrogens is 362 g/mol. The van der Waals surface area contributed by atoms with Crippen molar-refractivity contribution in [3.63, 3.8) is 0 Å². The van der Waals surface area contributed by atoms with E-state index < -0.39 is 5.56 Å². The van der Waals surface area contributed by atoms with Gasteiger partial charge in [-0.1, -0.05) is 24.3 Å². The summed E-state index contributed by atoms with van der Waals surface area (Å²) in [7, 11) is 0. The van der Waals surface area contributed by atoms with Crippen LogP contribution in [0, 0.1) is 6.92 Å². The van der Waals surface area contributed by atoms with Crippen LogP contribution in [-0.4, -0.2) is 35.7 Å². The molecule has 2 aromatic heterocycles. The van der Waals surface area contributed by atoms with Crippen molar-refractivity contribution in [2.24, 2.45) is 0 Å². The minimum Gasteiger partial charge on any atom is -0.442 e. The van der Waals surface area contributed by atoms with Crippen LogP contribution in [0.2, 0.25) is 0 Å². The molecule has 2 N–H and O–H groups in total. The quantitative estimate of drug-likeness (QED) is 0.548. The van der Waals surface area contributed by atoms with Gasteiger partial charge in [0.15, 0.2) is 0 Å². The Labute approximate surface area is 161 Å². The highest BCUT2D eigenvalue weighted by Gasteiger charge is 2.21. The van der Waals surface area contributed by atoms with Gasteiger partial charge in [-0.25, -0.2) is 4.98 Å². The van der Waals surface area contributed by atoms with Crippen LogP contribution in [0.15, 0.2) is 39.8 Å². The van der Waals surface area contributed by atoms with Gasteiger partial charge in [-0.2, -0.15) is 0 Å². The zero-order valence-electron chi connectivity index (χ0n) is 15.9. The Bertz CT molecular complexity index is 1010. The number of furan rings is 1. The van der Waals surface area contributed by atoms with E-state index >= 15 is 0 Å². The van der Waals surface area contributed by atoms with E-state index in [1.54, 1.807) is 6.92 Å². The summed E-state index contributed by atoms with van der Waals surface area (Å²) in [5.41, 5.74) is 1.89. The molecule has 0 radical (unpaired) electrons. The third-order valence-corrected chi connectivity index (χ3v) is 4.19. The second-order valence-corrected chi connectivity index (χ2v) is 6.20. The van der Waals surface area contributed by atoms with E-state index in [2.05, 4.69) is 15.3 Å². The SMILES string of the molecule is CCOCCOCc1cccc(CNC(=O)c2c(C)oc3nc[nH]c(=O)c23)c1. The summed E-state index contributed by atoms with van der Waals surface area (Å²) in [6.45, 7) is 6.14. The molecule has 0 fully saturated rings. The zero-order chi connectivity index (χ0) is 19.9. The van der Waals surface area contributed by atoms with Crippen molar-refractivity contribution in [2.45, 2.75) is 27.0 Å². The summed E-state index contributed by atoms with van der Waals surface area (Å²) < 4.78 is 16.2. The Hall–Kier alpha value is -2.97. The number of aromatic nitrogens is 2. The minimum absolute atomic E-state index is 0.151. The largest absolute Gasteiger partial charge is 0.442 e. The molecule has 28 heavy (non-hydrogen) atoms. The van der Waals surface area contributed by atoms with Crippen LogP contribution in [-0.2, 0) is 22.6 Å². The number of nitrogens with one attached hydrogen (secondary N) is 2. The fraction of sp³-hybridized carbons (Fsp3) is 0.350. The maximum absolute atomic E-state index is 12.6. The fourth-order valence-electron chi connectivity index (χ4n) is 2.88. The number of H-pyrrole nitrogens is 1. The first-order chi connectivity index (χ1) is 13.6. The van der Waals surface area contributed by atoms with Crippen molar-refractivity contribution >= 4 is 17.0 Å². The molecule has 8 nitrogen and oxygen atoms in total. The number of aromatic amines is 1. The number of ether oxygens (including phenoxy) is 2. The number of hydrogen-bond acceptors (Lipinski definition) is 6. The third kappa shape index (κ3) is 4.65. The lowest BCUT2D eigenvalue weighted by Crippen LogP contribution is -2.24. The van der Waals surface area contributed by atoms with Gasteiger partial charge in [0.2, 0.25) is 5.71 Å². The summed E-state index contributed by atoms with van der Waals surface area (Å²) in [5, 5.41) is 2.99. The van der Waals surface area contributed by atoms with Crippen molar-refractivity contribution in [3.05, 3.63) is 63.4 Å². The Morgan fingerprint density at radius 2 is 2.04 bits per heavy atom. The van der Waals surface area contributed by atoms with E-state index in [1.165, 1.54) is 6.33 Å². The molecule has 0 aliphatic heterocycles. The van der Waals surface area contributed by atoms with Gasteiger partial charge in [-0.05, 0) is 25.0 Å². The fourth-order valence-corrected chi connectivity index (χ4v) is 2.88. The highest BCUT2D eigenvalue weighted by molar-refractivity contribution is 6.06. The van der Waals surface area contributed by atoms with Gasteiger partial charge in [0.25, 0.3) is 11.5 Å². The molecule has 0 atom stereocenters. The predicted octanol–water partition coefficient (Wildman–Crippen LogP) is 2.31. The van der Waals surface area contributed by atoms with E-state index in [0.717, 1.165) is 11.1 Å². The summed E-state index contributed by atoms with van der Waals surface area (Å²) in [6, 6.07) is 7.76. The molecule has 3 aromatic rings. The second-order valence-electron chi connectivity index (χ2n) is 6.20. The molecule has 0 aliphatic rings. The number of benzene rings is 1. The van der Waals surface area contributed by atoms with E-state index in [4.69, 9.17) is 13.9 Å². The van der Waals surface area contributed by atoms with Gasteiger partial charge in [0, 0.05) is 13.2 Å². The van der Waals surface area contributed by atoms with Gasteiger partial charge in [-0.15, -0.1) is 0 Å². The molecule has 8 heteroatoms. The van der Waals surface area contributed by atoms with Crippen LogP contribution in [0.3, 0.4) is 0 Å². The Balaban J connectivity index is 1.63. The smallest absolute Gasteiger partial charge is 0.262 e. The normalized spacial score (nSPS) is 11.1. The summed E-state index contributed by atoms with van der Waals surface area (Å²) in [5.74, 6) is -0.0266. The van der Waals surface area contributed by atoms with Crippen molar-refractivity contribution in [1.82, 2.24) is 15.3 Å². The Morgan fingerprint density at radius 3 is 2.86 bits per heavy atom. The molecule has 0 saturated heterocycles. The zero-order valence-corrected chi connectivity index (χ0v) is 15.9. The number of carbonyl (C=O) groups excluding carboxylic acids is 1. The van der Waals surface area contributed by atoms with E-state index in [9.17, 15) is 9.59 Å². The van der Waals surface area contributed by atoms with Crippen molar-refractivity contribution in [1.29, 1.82) is 0 Å². The van der Waals surface area contributed by atoms with Crippen LogP contribution in [0.5, 0.6) is 0 Å². The standard InChI is InChI=1S/C20H23N3O5/c1-3-26-7-8-27-11-15-6-4-5-14(9-15)10-21-18(24)16-13(2)28-20-17(16)19(25)22-12-23-20/h4-6,9,12H,3,7-8,10-11H2,1-2H3,(H,21,24)(H,22,23,25). The maximum atomic E-state index is 12.6. The van der Waals surface area contributed by atoms with Gasteiger partial charge in [0.05, 0.1) is 31.7 Å².